The van der Waals surface area contributed by atoms with Crippen LogP contribution in [0.2, 0.25) is 0 Å². The number of aromatic nitrogens is 3. The summed E-state index contributed by atoms with van der Waals surface area (Å²) in [6.45, 7) is 0. The van der Waals surface area contributed by atoms with E-state index in [-0.39, 0.29) is 5.78 Å². The molecule has 3 rings (SSSR count). The Morgan fingerprint density at radius 2 is 1.95 bits per heavy atom. The SMILES string of the molecule is O=C(CBr)c1ccc(-n2cnc3ncccc32)cc1. The number of alkyl halides is 1. The molecular formula is C14H10BrN3O. The lowest BCUT2D eigenvalue weighted by molar-refractivity contribution is 0.102. The first-order chi connectivity index (χ1) is 9.29. The summed E-state index contributed by atoms with van der Waals surface area (Å²) in [7, 11) is 0. The predicted molar refractivity (Wildman–Crippen MR) is 77.0 cm³/mol. The van der Waals surface area contributed by atoms with Gasteiger partial charge in [-0.05, 0) is 36.4 Å². The van der Waals surface area contributed by atoms with Gasteiger partial charge in [-0.3, -0.25) is 9.36 Å². The summed E-state index contributed by atoms with van der Waals surface area (Å²) < 4.78 is 1.95. The molecule has 0 saturated heterocycles. The smallest absolute Gasteiger partial charge is 0.177 e. The third-order valence-electron chi connectivity index (χ3n) is 2.91. The van der Waals surface area contributed by atoms with Gasteiger partial charge < -0.3 is 0 Å². The van der Waals surface area contributed by atoms with Crippen molar-refractivity contribution >= 4 is 32.9 Å². The zero-order valence-electron chi connectivity index (χ0n) is 9.95. The van der Waals surface area contributed by atoms with Gasteiger partial charge >= 0.3 is 0 Å². The van der Waals surface area contributed by atoms with Gasteiger partial charge in [-0.15, -0.1) is 0 Å². The Hall–Kier alpha value is -2.01. The van der Waals surface area contributed by atoms with Crippen LogP contribution in [0.15, 0.2) is 48.9 Å². The fourth-order valence-electron chi connectivity index (χ4n) is 1.94. The van der Waals surface area contributed by atoms with E-state index < -0.39 is 0 Å². The largest absolute Gasteiger partial charge is 0.297 e. The molecule has 0 radical (unpaired) electrons. The first kappa shape index (κ1) is 12.0. The molecule has 19 heavy (non-hydrogen) atoms. The molecule has 3 aromatic rings. The van der Waals surface area contributed by atoms with Gasteiger partial charge in [-0.2, -0.15) is 0 Å². The molecule has 2 aromatic heterocycles. The normalized spacial score (nSPS) is 10.8. The van der Waals surface area contributed by atoms with Crippen molar-refractivity contribution in [2.75, 3.05) is 5.33 Å². The highest BCUT2D eigenvalue weighted by Crippen LogP contribution is 2.17. The van der Waals surface area contributed by atoms with Gasteiger partial charge in [-0.1, -0.05) is 15.9 Å². The summed E-state index contributed by atoms with van der Waals surface area (Å²) in [6.07, 6.45) is 3.45. The topological polar surface area (TPSA) is 47.8 Å². The Morgan fingerprint density at radius 1 is 1.16 bits per heavy atom. The Labute approximate surface area is 118 Å². The molecule has 0 aliphatic rings. The Balaban J connectivity index is 2.05. The highest BCUT2D eigenvalue weighted by Gasteiger charge is 2.07. The van der Waals surface area contributed by atoms with Crippen LogP contribution in [-0.4, -0.2) is 25.6 Å². The number of imidazole rings is 1. The van der Waals surface area contributed by atoms with Crippen LogP contribution < -0.4 is 0 Å². The maximum atomic E-state index is 11.5. The monoisotopic (exact) mass is 315 g/mol. The molecule has 0 saturated carbocycles. The third-order valence-corrected chi connectivity index (χ3v) is 3.42. The number of carbonyl (C=O) groups is 1. The second kappa shape index (κ2) is 4.93. The number of Topliss-reactive ketones (excluding diaryl/α,β-unsaturated/α-hetero) is 1. The molecule has 0 aliphatic carbocycles. The average molecular weight is 316 g/mol. The first-order valence-corrected chi connectivity index (χ1v) is 6.89. The maximum absolute atomic E-state index is 11.5. The van der Waals surface area contributed by atoms with E-state index in [9.17, 15) is 4.79 Å². The van der Waals surface area contributed by atoms with Crippen molar-refractivity contribution in [2.45, 2.75) is 0 Å². The number of pyridine rings is 1. The Morgan fingerprint density at radius 3 is 2.68 bits per heavy atom. The van der Waals surface area contributed by atoms with E-state index in [0.29, 0.717) is 16.5 Å². The molecule has 0 aliphatic heterocycles. The minimum absolute atomic E-state index is 0.0729. The molecule has 1 aromatic carbocycles. The fraction of sp³-hybridized carbons (Fsp3) is 0.0714. The summed E-state index contributed by atoms with van der Waals surface area (Å²) in [5.74, 6) is 0.0729. The van der Waals surface area contributed by atoms with E-state index in [0.717, 1.165) is 11.2 Å². The van der Waals surface area contributed by atoms with Crippen molar-refractivity contribution in [1.82, 2.24) is 14.5 Å². The zero-order valence-corrected chi connectivity index (χ0v) is 11.5. The Bertz CT molecular complexity index is 734. The minimum atomic E-state index is 0.0729. The second-order valence-electron chi connectivity index (χ2n) is 4.06. The molecule has 0 amide bonds. The Kier molecular flexibility index (Phi) is 3.13. The highest BCUT2D eigenvalue weighted by atomic mass is 79.9. The van der Waals surface area contributed by atoms with Crippen molar-refractivity contribution in [2.24, 2.45) is 0 Å². The molecule has 0 atom stereocenters. The van der Waals surface area contributed by atoms with E-state index in [1.165, 1.54) is 0 Å². The van der Waals surface area contributed by atoms with Crippen LogP contribution in [0.3, 0.4) is 0 Å². The maximum Gasteiger partial charge on any atom is 0.177 e. The average Bonchev–Trinajstić information content (AvgIpc) is 2.90. The van der Waals surface area contributed by atoms with Crippen molar-refractivity contribution in [1.29, 1.82) is 0 Å². The molecule has 94 valence electrons. The summed E-state index contributed by atoms with van der Waals surface area (Å²) in [5.41, 5.74) is 3.31. The van der Waals surface area contributed by atoms with Gasteiger partial charge in [0.1, 0.15) is 6.33 Å². The molecule has 5 heteroatoms. The van der Waals surface area contributed by atoms with Crippen molar-refractivity contribution < 1.29 is 4.79 Å². The number of hydrogen-bond acceptors (Lipinski definition) is 3. The summed E-state index contributed by atoms with van der Waals surface area (Å²) >= 11 is 3.17. The number of benzene rings is 1. The lowest BCUT2D eigenvalue weighted by Crippen LogP contribution is -2.00. The molecular weight excluding hydrogens is 306 g/mol. The molecule has 0 fully saturated rings. The lowest BCUT2D eigenvalue weighted by Gasteiger charge is -2.04. The quantitative estimate of drug-likeness (QED) is 0.551. The molecule has 2 heterocycles. The molecule has 0 bridgehead atoms. The van der Waals surface area contributed by atoms with Crippen LogP contribution in [0.4, 0.5) is 0 Å². The highest BCUT2D eigenvalue weighted by molar-refractivity contribution is 9.09. The van der Waals surface area contributed by atoms with Crippen LogP contribution >= 0.6 is 15.9 Å². The summed E-state index contributed by atoms with van der Waals surface area (Å²) in [4.78, 5) is 20.0. The van der Waals surface area contributed by atoms with Gasteiger partial charge in [0.25, 0.3) is 0 Å². The number of rotatable bonds is 3. The first-order valence-electron chi connectivity index (χ1n) is 5.77. The van der Waals surface area contributed by atoms with Crippen molar-refractivity contribution in [3.05, 3.63) is 54.5 Å². The van der Waals surface area contributed by atoms with Gasteiger partial charge in [0.05, 0.1) is 10.8 Å². The number of hydrogen-bond donors (Lipinski definition) is 0. The van der Waals surface area contributed by atoms with Crippen molar-refractivity contribution in [3.8, 4) is 5.69 Å². The molecule has 0 N–H and O–H groups in total. The van der Waals surface area contributed by atoms with Gasteiger partial charge in [0.2, 0.25) is 0 Å². The van der Waals surface area contributed by atoms with Crippen LogP contribution in [0.25, 0.3) is 16.9 Å². The second-order valence-corrected chi connectivity index (χ2v) is 4.63. The number of halogens is 1. The van der Waals surface area contributed by atoms with Gasteiger partial charge in [0, 0.05) is 17.4 Å². The predicted octanol–water partition coefficient (Wildman–Crippen LogP) is 3.00. The number of ketones is 1. The zero-order chi connectivity index (χ0) is 13.2. The van der Waals surface area contributed by atoms with Crippen LogP contribution in [0.5, 0.6) is 0 Å². The van der Waals surface area contributed by atoms with Crippen LogP contribution in [-0.2, 0) is 0 Å². The standard InChI is InChI=1S/C14H10BrN3O/c15-8-13(19)10-3-5-11(6-4-10)18-9-17-14-12(18)2-1-7-16-14/h1-7,9H,8H2. The van der Waals surface area contributed by atoms with E-state index in [1.54, 1.807) is 12.5 Å². The van der Waals surface area contributed by atoms with E-state index >= 15 is 0 Å². The molecule has 0 spiro atoms. The minimum Gasteiger partial charge on any atom is -0.297 e. The number of nitrogens with zero attached hydrogens (tertiary/aromatic N) is 3. The summed E-state index contributed by atoms with van der Waals surface area (Å²) in [5, 5.41) is 0.338. The van der Waals surface area contributed by atoms with Crippen LogP contribution in [0.1, 0.15) is 10.4 Å². The molecule has 0 unspecified atom stereocenters. The van der Waals surface area contributed by atoms with Gasteiger partial charge in [-0.25, -0.2) is 9.97 Å². The number of fused-ring (bicyclic) bond motifs is 1. The fourth-order valence-corrected chi connectivity index (χ4v) is 2.27. The third kappa shape index (κ3) is 2.17. The van der Waals surface area contributed by atoms with Gasteiger partial charge in [0.15, 0.2) is 11.4 Å². The van der Waals surface area contributed by atoms with Crippen molar-refractivity contribution in [3.63, 3.8) is 0 Å². The molecule has 4 nitrogen and oxygen atoms in total. The van der Waals surface area contributed by atoms with E-state index in [2.05, 4.69) is 25.9 Å². The van der Waals surface area contributed by atoms with Crippen LogP contribution in [0, 0.1) is 0 Å². The van der Waals surface area contributed by atoms with E-state index in [4.69, 9.17) is 0 Å². The lowest BCUT2D eigenvalue weighted by atomic mass is 10.1. The summed E-state index contributed by atoms with van der Waals surface area (Å²) in [6, 6.07) is 11.3. The number of carbonyl (C=O) groups excluding carboxylic acids is 1. The van der Waals surface area contributed by atoms with E-state index in [1.807, 2.05) is 41.0 Å².